The van der Waals surface area contributed by atoms with Crippen LogP contribution in [0.25, 0.3) is 0 Å². The summed E-state index contributed by atoms with van der Waals surface area (Å²) in [4.78, 5) is 14.9. The minimum absolute atomic E-state index is 0.0299. The minimum atomic E-state index is -2.70. The predicted molar refractivity (Wildman–Crippen MR) is 62.0 cm³/mol. The largest absolute Gasteiger partial charge is 0.469 e. The number of carbonyl (C=O) groups excluding carboxylic acids is 1. The molecule has 1 aromatic rings. The number of carbonyl (C=O) groups is 1. The Hall–Kier alpha value is -0.990. The fraction of sp³-hybridized carbons (Fsp3) is 0.333. The summed E-state index contributed by atoms with van der Waals surface area (Å²) in [5.41, 5.74) is 5.26. The Bertz CT molecular complexity index is 413. The van der Waals surface area contributed by atoms with Gasteiger partial charge in [-0.15, -0.1) is 0 Å². The van der Waals surface area contributed by atoms with Crippen molar-refractivity contribution in [2.45, 2.75) is 12.8 Å². The molecule has 1 rings (SSSR count). The molecule has 16 heavy (non-hydrogen) atoms. The average molecular weight is 342 g/mol. The molecule has 0 atom stereocenters. The maximum absolute atomic E-state index is 12.7. The Labute approximate surface area is 104 Å². The molecule has 0 aliphatic heterocycles. The number of aromatic nitrogens is 1. The fourth-order valence-corrected chi connectivity index (χ4v) is 1.78. The lowest BCUT2D eigenvalue weighted by molar-refractivity contribution is -0.139. The van der Waals surface area contributed by atoms with Crippen LogP contribution in [0.4, 0.5) is 14.6 Å². The molecule has 0 saturated carbocycles. The second-order valence-corrected chi connectivity index (χ2v) is 4.06. The van der Waals surface area contributed by atoms with Gasteiger partial charge < -0.3 is 10.5 Å². The van der Waals surface area contributed by atoms with Crippen LogP contribution in [0.1, 0.15) is 17.6 Å². The molecule has 0 spiro atoms. The maximum Gasteiger partial charge on any atom is 0.310 e. The van der Waals surface area contributed by atoms with E-state index in [1.54, 1.807) is 22.6 Å². The van der Waals surface area contributed by atoms with E-state index >= 15 is 0 Å². The van der Waals surface area contributed by atoms with Crippen molar-refractivity contribution in [2.75, 3.05) is 12.8 Å². The topological polar surface area (TPSA) is 65.2 Å². The first-order valence-corrected chi connectivity index (χ1v) is 5.33. The van der Waals surface area contributed by atoms with Gasteiger partial charge in [-0.3, -0.25) is 4.79 Å². The van der Waals surface area contributed by atoms with Crippen LogP contribution in [0.2, 0.25) is 0 Å². The van der Waals surface area contributed by atoms with Gasteiger partial charge in [-0.2, -0.15) is 0 Å². The van der Waals surface area contributed by atoms with Gasteiger partial charge in [-0.25, -0.2) is 13.8 Å². The second-order valence-electron chi connectivity index (χ2n) is 2.95. The number of rotatable bonds is 3. The molecule has 0 radical (unpaired) electrons. The number of nitrogens with zero attached hydrogens (tertiary/aromatic N) is 1. The van der Waals surface area contributed by atoms with Gasteiger partial charge in [0, 0.05) is 11.1 Å². The molecule has 1 aromatic heterocycles. The van der Waals surface area contributed by atoms with Crippen molar-refractivity contribution in [3.8, 4) is 0 Å². The zero-order chi connectivity index (χ0) is 12.3. The third-order valence-corrected chi connectivity index (χ3v) is 2.50. The van der Waals surface area contributed by atoms with Crippen LogP contribution >= 0.6 is 22.6 Å². The lowest BCUT2D eigenvalue weighted by atomic mass is 10.1. The quantitative estimate of drug-likeness (QED) is 0.518. The van der Waals surface area contributed by atoms with E-state index in [1.165, 1.54) is 13.2 Å². The summed E-state index contributed by atoms with van der Waals surface area (Å²) in [6, 6.07) is 1.21. The van der Waals surface area contributed by atoms with Crippen LogP contribution in [0.15, 0.2) is 6.07 Å². The fourth-order valence-electron chi connectivity index (χ4n) is 1.18. The molecule has 0 unspecified atom stereocenters. The average Bonchev–Trinajstić information content (AvgIpc) is 2.20. The third-order valence-electron chi connectivity index (χ3n) is 1.94. The molecule has 0 aliphatic rings. The van der Waals surface area contributed by atoms with Crippen LogP contribution in [-0.2, 0) is 16.0 Å². The van der Waals surface area contributed by atoms with E-state index in [0.29, 0.717) is 3.70 Å². The number of anilines is 1. The molecule has 2 N–H and O–H groups in total. The first kappa shape index (κ1) is 13.1. The Morgan fingerprint density at radius 3 is 2.81 bits per heavy atom. The number of ether oxygens (including phenoxy) is 1. The number of hydrogen-bond acceptors (Lipinski definition) is 4. The highest BCUT2D eigenvalue weighted by molar-refractivity contribution is 14.1. The number of hydrogen-bond donors (Lipinski definition) is 1. The van der Waals surface area contributed by atoms with E-state index in [0.717, 1.165) is 0 Å². The van der Waals surface area contributed by atoms with Gasteiger partial charge in [-0.05, 0) is 28.7 Å². The lowest BCUT2D eigenvalue weighted by Crippen LogP contribution is -2.11. The highest BCUT2D eigenvalue weighted by Gasteiger charge is 2.19. The molecule has 4 nitrogen and oxygen atoms in total. The summed E-state index contributed by atoms with van der Waals surface area (Å²) in [6.07, 6.45) is -3.00. The molecule has 0 fully saturated rings. The van der Waals surface area contributed by atoms with E-state index in [-0.39, 0.29) is 23.4 Å². The second kappa shape index (κ2) is 5.37. The SMILES string of the molecule is COC(=O)Cc1c(C(F)F)cc(I)nc1N. The summed E-state index contributed by atoms with van der Waals surface area (Å²) in [5, 5.41) is 0. The van der Waals surface area contributed by atoms with Gasteiger partial charge in [0.2, 0.25) is 0 Å². The zero-order valence-corrected chi connectivity index (χ0v) is 10.5. The highest BCUT2D eigenvalue weighted by atomic mass is 127. The number of halogens is 3. The lowest BCUT2D eigenvalue weighted by Gasteiger charge is -2.10. The molecule has 0 amide bonds. The molecule has 1 heterocycles. The van der Waals surface area contributed by atoms with Gasteiger partial charge in [0.1, 0.15) is 9.52 Å². The summed E-state index contributed by atoms with van der Waals surface area (Å²) < 4.78 is 30.2. The highest BCUT2D eigenvalue weighted by Crippen LogP contribution is 2.28. The Morgan fingerprint density at radius 2 is 2.31 bits per heavy atom. The Kier molecular flexibility index (Phi) is 4.39. The minimum Gasteiger partial charge on any atom is -0.469 e. The molecule has 0 aliphatic carbocycles. The molecule has 7 heteroatoms. The van der Waals surface area contributed by atoms with E-state index in [9.17, 15) is 13.6 Å². The van der Waals surface area contributed by atoms with Crippen LogP contribution in [-0.4, -0.2) is 18.1 Å². The first-order valence-electron chi connectivity index (χ1n) is 4.25. The van der Waals surface area contributed by atoms with Crippen molar-refractivity contribution >= 4 is 34.4 Å². The van der Waals surface area contributed by atoms with E-state index in [1.807, 2.05) is 0 Å². The van der Waals surface area contributed by atoms with E-state index in [4.69, 9.17) is 5.73 Å². The number of pyridine rings is 1. The van der Waals surface area contributed by atoms with Gasteiger partial charge in [-0.1, -0.05) is 0 Å². The van der Waals surface area contributed by atoms with Gasteiger partial charge in [0.05, 0.1) is 13.5 Å². The molecule has 88 valence electrons. The number of nitrogen functional groups attached to an aromatic ring is 1. The smallest absolute Gasteiger partial charge is 0.310 e. The number of esters is 1. The van der Waals surface area contributed by atoms with Crippen molar-refractivity contribution in [3.63, 3.8) is 0 Å². The van der Waals surface area contributed by atoms with Gasteiger partial charge in [0.15, 0.2) is 0 Å². The van der Waals surface area contributed by atoms with Crippen molar-refractivity contribution in [3.05, 3.63) is 20.9 Å². The van der Waals surface area contributed by atoms with Gasteiger partial charge in [0.25, 0.3) is 6.43 Å². The van der Waals surface area contributed by atoms with Crippen molar-refractivity contribution in [1.29, 1.82) is 0 Å². The summed E-state index contributed by atoms with van der Waals surface area (Å²) in [5.74, 6) is -0.691. The summed E-state index contributed by atoms with van der Waals surface area (Å²) >= 11 is 1.78. The third kappa shape index (κ3) is 3.00. The Balaban J connectivity index is 3.19. The number of alkyl halides is 2. The predicted octanol–water partition coefficient (Wildman–Crippen LogP) is 1.92. The number of nitrogens with two attached hydrogens (primary N) is 1. The van der Waals surface area contributed by atoms with Crippen LogP contribution in [0.3, 0.4) is 0 Å². The van der Waals surface area contributed by atoms with Crippen molar-refractivity contribution < 1.29 is 18.3 Å². The Morgan fingerprint density at radius 1 is 1.69 bits per heavy atom. The molecule has 0 saturated heterocycles. The number of methoxy groups -OCH3 is 1. The van der Waals surface area contributed by atoms with Crippen LogP contribution in [0.5, 0.6) is 0 Å². The van der Waals surface area contributed by atoms with E-state index in [2.05, 4.69) is 9.72 Å². The van der Waals surface area contributed by atoms with Crippen LogP contribution < -0.4 is 5.73 Å². The molecule has 0 aromatic carbocycles. The monoisotopic (exact) mass is 342 g/mol. The molecule has 0 bridgehead atoms. The van der Waals surface area contributed by atoms with Crippen molar-refractivity contribution in [1.82, 2.24) is 4.98 Å². The molecular weight excluding hydrogens is 333 g/mol. The normalized spacial score (nSPS) is 10.6. The molecular formula is C9H9F2IN2O2. The summed E-state index contributed by atoms with van der Waals surface area (Å²) in [7, 11) is 1.18. The standard InChI is InChI=1S/C9H9F2IN2O2/c1-16-7(15)3-5-4(8(10)11)2-6(12)14-9(5)13/h2,8H,3H2,1H3,(H2,13,14). The van der Waals surface area contributed by atoms with Gasteiger partial charge >= 0.3 is 5.97 Å². The van der Waals surface area contributed by atoms with Crippen molar-refractivity contribution in [2.24, 2.45) is 0 Å². The van der Waals surface area contributed by atoms with E-state index < -0.39 is 12.4 Å². The maximum atomic E-state index is 12.7. The zero-order valence-electron chi connectivity index (χ0n) is 8.34. The first-order chi connectivity index (χ1) is 7.45. The van der Waals surface area contributed by atoms with Crippen LogP contribution in [0, 0.1) is 3.70 Å². The summed E-state index contributed by atoms with van der Waals surface area (Å²) in [6.45, 7) is 0.